The fourth-order valence-electron chi connectivity index (χ4n) is 2.54. The summed E-state index contributed by atoms with van der Waals surface area (Å²) in [4.78, 5) is 35.1. The minimum atomic E-state index is -0.882. The summed E-state index contributed by atoms with van der Waals surface area (Å²) in [6.07, 6.45) is 1.45. The number of non-ortho nitro benzene ring substituents is 1. The van der Waals surface area contributed by atoms with Crippen LogP contribution >= 0.6 is 0 Å². The molecule has 0 saturated heterocycles. The van der Waals surface area contributed by atoms with Crippen molar-refractivity contribution in [2.45, 2.75) is 6.54 Å². The molecule has 0 fully saturated rings. The van der Waals surface area contributed by atoms with E-state index in [-0.39, 0.29) is 23.5 Å². The molecule has 0 atom stereocenters. The summed E-state index contributed by atoms with van der Waals surface area (Å²) in [7, 11) is 0. The number of aromatic nitrogens is 1. The van der Waals surface area contributed by atoms with E-state index >= 15 is 0 Å². The number of carbonyl (C=O) groups is 1. The van der Waals surface area contributed by atoms with Gasteiger partial charge in [0.05, 0.1) is 17.2 Å². The van der Waals surface area contributed by atoms with Gasteiger partial charge in [0.15, 0.2) is 0 Å². The monoisotopic (exact) mass is 385 g/mol. The van der Waals surface area contributed by atoms with Crippen LogP contribution in [0.1, 0.15) is 15.9 Å². The number of rotatable bonds is 5. The number of nitrogens with one attached hydrogen (secondary N) is 1. The normalized spacial score (nSPS) is 10.5. The van der Waals surface area contributed by atoms with Crippen LogP contribution in [-0.2, 0) is 6.54 Å². The van der Waals surface area contributed by atoms with E-state index in [2.05, 4.69) is 5.32 Å². The highest BCUT2D eigenvalue weighted by molar-refractivity contribution is 6.04. The van der Waals surface area contributed by atoms with Crippen molar-refractivity contribution in [3.05, 3.63) is 104 Å². The first-order chi connectivity index (χ1) is 13.3. The van der Waals surface area contributed by atoms with Gasteiger partial charge in [0.25, 0.3) is 17.2 Å². The number of hydrogen-bond acceptors (Lipinski definition) is 4. The largest absolute Gasteiger partial charge is 0.319 e. The number of halogens is 2. The third-order valence-electron chi connectivity index (χ3n) is 3.94. The molecule has 7 nitrogen and oxygen atoms in total. The molecular formula is C19H13F2N3O4. The van der Waals surface area contributed by atoms with Gasteiger partial charge in [0, 0.05) is 24.4 Å². The van der Waals surface area contributed by atoms with E-state index in [4.69, 9.17) is 0 Å². The molecular weight excluding hydrogens is 372 g/mol. The number of pyridine rings is 1. The van der Waals surface area contributed by atoms with Gasteiger partial charge in [-0.15, -0.1) is 0 Å². The van der Waals surface area contributed by atoms with Gasteiger partial charge in [0.2, 0.25) is 0 Å². The number of benzene rings is 2. The van der Waals surface area contributed by atoms with E-state index in [0.29, 0.717) is 5.56 Å². The second-order valence-corrected chi connectivity index (χ2v) is 5.86. The lowest BCUT2D eigenvalue weighted by Crippen LogP contribution is -2.29. The van der Waals surface area contributed by atoms with Gasteiger partial charge in [-0.05, 0) is 29.8 Å². The SMILES string of the molecule is O=C(Nc1cc(F)ccc1F)c1cccn(Cc2ccc([N+](=O)[O-])cc2)c1=O. The van der Waals surface area contributed by atoms with E-state index in [1.54, 1.807) is 0 Å². The Morgan fingerprint density at radius 2 is 1.82 bits per heavy atom. The quantitative estimate of drug-likeness (QED) is 0.538. The highest BCUT2D eigenvalue weighted by Gasteiger charge is 2.15. The molecule has 3 aromatic rings. The second-order valence-electron chi connectivity index (χ2n) is 5.86. The Balaban J connectivity index is 1.84. The summed E-state index contributed by atoms with van der Waals surface area (Å²) in [5, 5.41) is 12.9. The summed E-state index contributed by atoms with van der Waals surface area (Å²) < 4.78 is 28.2. The smallest absolute Gasteiger partial charge is 0.269 e. The summed E-state index contributed by atoms with van der Waals surface area (Å²) in [5.41, 5.74) is -0.749. The zero-order valence-electron chi connectivity index (χ0n) is 14.3. The molecule has 0 spiro atoms. The minimum Gasteiger partial charge on any atom is -0.319 e. The van der Waals surface area contributed by atoms with Gasteiger partial charge in [-0.3, -0.25) is 19.7 Å². The molecule has 0 aliphatic rings. The number of nitro groups is 1. The van der Waals surface area contributed by atoms with Crippen LogP contribution < -0.4 is 10.9 Å². The molecule has 2 aromatic carbocycles. The summed E-state index contributed by atoms with van der Waals surface area (Å²) >= 11 is 0. The molecule has 1 aromatic heterocycles. The number of anilines is 1. The van der Waals surface area contributed by atoms with Crippen LogP contribution in [0.5, 0.6) is 0 Å². The Morgan fingerprint density at radius 3 is 2.50 bits per heavy atom. The van der Waals surface area contributed by atoms with Gasteiger partial charge in [0.1, 0.15) is 17.2 Å². The Morgan fingerprint density at radius 1 is 1.11 bits per heavy atom. The highest BCUT2D eigenvalue weighted by Crippen LogP contribution is 2.16. The summed E-state index contributed by atoms with van der Waals surface area (Å²) in [6.45, 7) is 0.0757. The number of nitro benzene ring substituents is 1. The maximum atomic E-state index is 13.7. The van der Waals surface area contributed by atoms with Crippen LogP contribution in [0, 0.1) is 21.7 Å². The highest BCUT2D eigenvalue weighted by atomic mass is 19.1. The number of nitrogens with zero attached hydrogens (tertiary/aromatic N) is 2. The molecule has 9 heteroatoms. The fourth-order valence-corrected chi connectivity index (χ4v) is 2.54. The van der Waals surface area contributed by atoms with Crippen LogP contribution in [0.15, 0.2) is 65.6 Å². The zero-order chi connectivity index (χ0) is 20.3. The molecule has 1 heterocycles. The first-order valence-electron chi connectivity index (χ1n) is 8.04. The predicted octanol–water partition coefficient (Wildman–Crippen LogP) is 3.34. The van der Waals surface area contributed by atoms with E-state index < -0.39 is 28.0 Å². The molecule has 1 N–H and O–H groups in total. The van der Waals surface area contributed by atoms with Gasteiger partial charge in [-0.25, -0.2) is 8.78 Å². The number of carbonyl (C=O) groups excluding carboxylic acids is 1. The number of hydrogen-bond donors (Lipinski definition) is 1. The van der Waals surface area contributed by atoms with E-state index in [1.807, 2.05) is 0 Å². The van der Waals surface area contributed by atoms with Crippen LogP contribution in [-0.4, -0.2) is 15.4 Å². The van der Waals surface area contributed by atoms with Gasteiger partial charge in [-0.1, -0.05) is 12.1 Å². The topological polar surface area (TPSA) is 94.2 Å². The third kappa shape index (κ3) is 4.09. The molecule has 3 rings (SSSR count). The average Bonchev–Trinajstić information content (AvgIpc) is 2.66. The van der Waals surface area contributed by atoms with E-state index in [0.717, 1.165) is 18.2 Å². The molecule has 142 valence electrons. The van der Waals surface area contributed by atoms with Crippen molar-refractivity contribution in [1.82, 2.24) is 4.57 Å². The molecule has 0 aliphatic carbocycles. The Bertz CT molecular complexity index is 1110. The van der Waals surface area contributed by atoms with Crippen molar-refractivity contribution in [2.24, 2.45) is 0 Å². The lowest BCUT2D eigenvalue weighted by Gasteiger charge is -2.09. The van der Waals surface area contributed by atoms with Crippen LogP contribution in [0.4, 0.5) is 20.2 Å². The predicted molar refractivity (Wildman–Crippen MR) is 97.2 cm³/mol. The zero-order valence-corrected chi connectivity index (χ0v) is 14.3. The molecule has 0 bridgehead atoms. The Kier molecular flexibility index (Phi) is 5.25. The fraction of sp³-hybridized carbons (Fsp3) is 0.0526. The standard InChI is InChI=1S/C19H13F2N3O4/c20-13-5-8-16(21)17(10-13)22-18(25)15-2-1-9-23(19(15)26)11-12-3-6-14(7-4-12)24(27)28/h1-10H,11H2,(H,22,25). The maximum Gasteiger partial charge on any atom is 0.269 e. The van der Waals surface area contributed by atoms with E-state index in [1.165, 1.54) is 47.2 Å². The lowest BCUT2D eigenvalue weighted by molar-refractivity contribution is -0.384. The van der Waals surface area contributed by atoms with Crippen molar-refractivity contribution >= 4 is 17.3 Å². The van der Waals surface area contributed by atoms with E-state index in [9.17, 15) is 28.5 Å². The third-order valence-corrected chi connectivity index (χ3v) is 3.94. The molecule has 28 heavy (non-hydrogen) atoms. The van der Waals surface area contributed by atoms with Crippen molar-refractivity contribution < 1.29 is 18.5 Å². The second kappa shape index (κ2) is 7.78. The van der Waals surface area contributed by atoms with Crippen LogP contribution in [0.2, 0.25) is 0 Å². The lowest BCUT2D eigenvalue weighted by atomic mass is 10.2. The van der Waals surface area contributed by atoms with Gasteiger partial charge >= 0.3 is 0 Å². The van der Waals surface area contributed by atoms with Crippen molar-refractivity contribution in [2.75, 3.05) is 5.32 Å². The molecule has 0 unspecified atom stereocenters. The van der Waals surface area contributed by atoms with Crippen LogP contribution in [0.3, 0.4) is 0 Å². The Hall–Kier alpha value is -3.88. The first-order valence-corrected chi connectivity index (χ1v) is 8.04. The average molecular weight is 385 g/mol. The molecule has 1 amide bonds. The molecule has 0 radical (unpaired) electrons. The van der Waals surface area contributed by atoms with Gasteiger partial charge in [-0.2, -0.15) is 0 Å². The van der Waals surface area contributed by atoms with Crippen LogP contribution in [0.25, 0.3) is 0 Å². The van der Waals surface area contributed by atoms with Gasteiger partial charge < -0.3 is 9.88 Å². The van der Waals surface area contributed by atoms with Crippen molar-refractivity contribution in [3.63, 3.8) is 0 Å². The van der Waals surface area contributed by atoms with Crippen molar-refractivity contribution in [1.29, 1.82) is 0 Å². The summed E-state index contributed by atoms with van der Waals surface area (Å²) in [6, 6.07) is 10.9. The first kappa shape index (κ1) is 18.9. The molecule has 0 aliphatic heterocycles. The maximum absolute atomic E-state index is 13.7. The minimum absolute atomic E-state index is 0.0757. The van der Waals surface area contributed by atoms with Crippen molar-refractivity contribution in [3.8, 4) is 0 Å². The molecule has 0 saturated carbocycles. The Labute approximate surface area is 157 Å². The number of amides is 1. The summed E-state index contributed by atoms with van der Waals surface area (Å²) in [5.74, 6) is -2.45.